The molecule has 0 radical (unpaired) electrons. The van der Waals surface area contributed by atoms with Gasteiger partial charge in [-0.15, -0.1) is 0 Å². The smallest absolute Gasteiger partial charge is 0.270 e. The summed E-state index contributed by atoms with van der Waals surface area (Å²) in [7, 11) is 0. The van der Waals surface area contributed by atoms with Gasteiger partial charge < -0.3 is 9.73 Å². The maximum Gasteiger partial charge on any atom is 0.270 e. The third kappa shape index (κ3) is 3.32. The fourth-order valence-corrected chi connectivity index (χ4v) is 4.71. The third-order valence-corrected chi connectivity index (χ3v) is 6.22. The predicted octanol–water partition coefficient (Wildman–Crippen LogP) is 2.52. The second kappa shape index (κ2) is 7.52. The molecule has 2 aliphatic rings. The van der Waals surface area contributed by atoms with Crippen LogP contribution in [-0.2, 0) is 0 Å². The molecule has 3 heterocycles. The molecule has 152 valence electrons. The summed E-state index contributed by atoms with van der Waals surface area (Å²) in [5.41, 5.74) is 11.2. The highest BCUT2D eigenvalue weighted by atomic mass is 16.3. The maximum atomic E-state index is 12.8. The summed E-state index contributed by atoms with van der Waals surface area (Å²) in [6.07, 6.45) is 5.66. The number of nitrogens with one attached hydrogen (secondary N) is 3. The van der Waals surface area contributed by atoms with E-state index in [2.05, 4.69) is 44.3 Å². The van der Waals surface area contributed by atoms with E-state index in [1.165, 1.54) is 12.6 Å². The third-order valence-electron chi connectivity index (χ3n) is 6.22. The lowest BCUT2D eigenvalue weighted by Gasteiger charge is -2.33. The molecule has 30 heavy (non-hydrogen) atoms. The van der Waals surface area contributed by atoms with Gasteiger partial charge in [0, 0.05) is 18.3 Å². The molecule has 4 unspecified atom stereocenters. The number of rotatable bonds is 3. The number of aromatic nitrogens is 2. The van der Waals surface area contributed by atoms with Crippen LogP contribution in [0, 0.1) is 24.2 Å². The normalized spacial score (nSPS) is 25.6. The summed E-state index contributed by atoms with van der Waals surface area (Å²) in [5.74, 6) is 0.170. The Bertz CT molecular complexity index is 1150. The minimum atomic E-state index is -0.181. The molecule has 1 aliphatic carbocycles. The van der Waals surface area contributed by atoms with Crippen LogP contribution in [-0.4, -0.2) is 28.0 Å². The SMILES string of the molecule is Cc1cc(C#N)cnc1C(=O)NC1CCC2NNC(c3ccc4ocnc4c3)C2C1. The van der Waals surface area contributed by atoms with Crippen molar-refractivity contribution in [3.05, 3.63) is 59.2 Å². The second-order valence-corrected chi connectivity index (χ2v) is 8.10. The Morgan fingerprint density at radius 2 is 2.17 bits per heavy atom. The molecule has 1 aliphatic heterocycles. The van der Waals surface area contributed by atoms with Crippen LogP contribution < -0.4 is 16.2 Å². The van der Waals surface area contributed by atoms with Crippen LogP contribution in [0.25, 0.3) is 11.1 Å². The molecule has 3 N–H and O–H groups in total. The van der Waals surface area contributed by atoms with Gasteiger partial charge in [0.1, 0.15) is 17.3 Å². The Morgan fingerprint density at radius 3 is 3.00 bits per heavy atom. The van der Waals surface area contributed by atoms with Crippen LogP contribution in [0.4, 0.5) is 0 Å². The zero-order valence-corrected chi connectivity index (χ0v) is 16.6. The van der Waals surface area contributed by atoms with Crippen LogP contribution in [0.5, 0.6) is 0 Å². The lowest BCUT2D eigenvalue weighted by atomic mass is 9.77. The number of oxazole rings is 1. The van der Waals surface area contributed by atoms with Crippen molar-refractivity contribution in [3.63, 3.8) is 0 Å². The largest absolute Gasteiger partial charge is 0.443 e. The van der Waals surface area contributed by atoms with Gasteiger partial charge in [-0.1, -0.05) is 6.07 Å². The average Bonchev–Trinajstić information content (AvgIpc) is 3.39. The summed E-state index contributed by atoms with van der Waals surface area (Å²) < 4.78 is 5.35. The van der Waals surface area contributed by atoms with Crippen LogP contribution in [0.15, 0.2) is 41.3 Å². The monoisotopic (exact) mass is 402 g/mol. The Kier molecular flexibility index (Phi) is 4.69. The first kappa shape index (κ1) is 18.7. The first-order valence-corrected chi connectivity index (χ1v) is 10.1. The van der Waals surface area contributed by atoms with Crippen molar-refractivity contribution in [3.8, 4) is 6.07 Å². The number of fused-ring (bicyclic) bond motifs is 2. The lowest BCUT2D eigenvalue weighted by molar-refractivity contribution is 0.0909. The van der Waals surface area contributed by atoms with E-state index in [4.69, 9.17) is 9.68 Å². The Morgan fingerprint density at radius 1 is 1.27 bits per heavy atom. The molecule has 1 aromatic carbocycles. The number of nitriles is 1. The molecule has 2 aromatic heterocycles. The van der Waals surface area contributed by atoms with Crippen molar-refractivity contribution in [1.29, 1.82) is 5.26 Å². The molecule has 2 fully saturated rings. The van der Waals surface area contributed by atoms with Crippen molar-refractivity contribution < 1.29 is 9.21 Å². The van der Waals surface area contributed by atoms with Gasteiger partial charge in [0.05, 0.1) is 11.6 Å². The van der Waals surface area contributed by atoms with Crippen LogP contribution in [0.2, 0.25) is 0 Å². The number of hydrogen-bond donors (Lipinski definition) is 3. The predicted molar refractivity (Wildman–Crippen MR) is 109 cm³/mol. The number of carbonyl (C=O) groups excluding carboxylic acids is 1. The van der Waals surface area contributed by atoms with E-state index in [0.717, 1.165) is 35.9 Å². The van der Waals surface area contributed by atoms with E-state index in [1.54, 1.807) is 13.0 Å². The lowest BCUT2D eigenvalue weighted by Crippen LogP contribution is -2.44. The van der Waals surface area contributed by atoms with E-state index < -0.39 is 0 Å². The number of hydrogen-bond acceptors (Lipinski definition) is 7. The minimum Gasteiger partial charge on any atom is -0.443 e. The van der Waals surface area contributed by atoms with Crippen molar-refractivity contribution in [1.82, 2.24) is 26.1 Å². The molecule has 0 bridgehead atoms. The summed E-state index contributed by atoms with van der Waals surface area (Å²) >= 11 is 0. The van der Waals surface area contributed by atoms with Gasteiger partial charge in [0.25, 0.3) is 5.91 Å². The molecule has 1 amide bonds. The number of carbonyl (C=O) groups is 1. The summed E-state index contributed by atoms with van der Waals surface area (Å²) in [6.45, 7) is 1.81. The van der Waals surface area contributed by atoms with Gasteiger partial charge in [-0.3, -0.25) is 10.2 Å². The summed E-state index contributed by atoms with van der Waals surface area (Å²) in [5, 5.41) is 12.1. The Balaban J connectivity index is 1.31. The van der Waals surface area contributed by atoms with Crippen molar-refractivity contribution in [2.45, 2.75) is 44.3 Å². The first-order chi connectivity index (χ1) is 14.6. The number of pyridine rings is 1. The first-order valence-electron chi connectivity index (χ1n) is 10.1. The number of hydrazine groups is 1. The van der Waals surface area contributed by atoms with Gasteiger partial charge in [-0.05, 0) is 61.4 Å². The Labute approximate surface area is 173 Å². The highest BCUT2D eigenvalue weighted by Crippen LogP contribution is 2.38. The number of amides is 1. The molecule has 0 spiro atoms. The van der Waals surface area contributed by atoms with Crippen LogP contribution >= 0.6 is 0 Å². The highest BCUT2D eigenvalue weighted by Gasteiger charge is 2.41. The maximum absolute atomic E-state index is 12.8. The van der Waals surface area contributed by atoms with E-state index >= 15 is 0 Å². The number of nitrogens with zero attached hydrogens (tertiary/aromatic N) is 3. The molecule has 3 aromatic rings. The summed E-state index contributed by atoms with van der Waals surface area (Å²) in [4.78, 5) is 21.2. The van der Waals surface area contributed by atoms with Crippen molar-refractivity contribution >= 4 is 17.0 Å². The molecular weight excluding hydrogens is 380 g/mol. The van der Waals surface area contributed by atoms with Gasteiger partial charge >= 0.3 is 0 Å². The van der Waals surface area contributed by atoms with E-state index in [-0.39, 0.29) is 18.0 Å². The number of aryl methyl sites for hydroxylation is 1. The van der Waals surface area contributed by atoms with E-state index in [1.807, 2.05) is 6.07 Å². The van der Waals surface area contributed by atoms with Gasteiger partial charge in [0.2, 0.25) is 0 Å². The molecule has 5 rings (SSSR count). The van der Waals surface area contributed by atoms with Gasteiger partial charge in [-0.25, -0.2) is 15.4 Å². The Hall–Kier alpha value is -3.28. The molecule has 1 saturated heterocycles. The fourth-order valence-electron chi connectivity index (χ4n) is 4.71. The molecule has 8 nitrogen and oxygen atoms in total. The minimum absolute atomic E-state index is 0.0792. The zero-order chi connectivity index (χ0) is 20.7. The van der Waals surface area contributed by atoms with E-state index in [0.29, 0.717) is 28.8 Å². The van der Waals surface area contributed by atoms with Gasteiger partial charge in [0.15, 0.2) is 12.0 Å². The average molecular weight is 402 g/mol. The zero-order valence-electron chi connectivity index (χ0n) is 16.6. The van der Waals surface area contributed by atoms with Crippen molar-refractivity contribution in [2.24, 2.45) is 5.92 Å². The number of benzene rings is 1. The summed E-state index contributed by atoms with van der Waals surface area (Å²) in [6, 6.07) is 10.4. The standard InChI is InChI=1S/C22H22N6O2/c1-12-6-13(9-23)10-24-20(12)22(29)26-15-3-4-17-16(8-15)21(28-27-17)14-2-5-19-18(7-14)25-11-30-19/h2,5-7,10-11,15-17,21,27-28H,3-4,8H2,1H3,(H,26,29). The molecule has 1 saturated carbocycles. The molecular formula is C22H22N6O2. The van der Waals surface area contributed by atoms with Crippen LogP contribution in [0.3, 0.4) is 0 Å². The highest BCUT2D eigenvalue weighted by molar-refractivity contribution is 5.93. The van der Waals surface area contributed by atoms with Crippen molar-refractivity contribution in [2.75, 3.05) is 0 Å². The molecule has 8 heteroatoms. The quantitative estimate of drug-likeness (QED) is 0.616. The fraction of sp³-hybridized carbons (Fsp3) is 0.364. The molecule has 4 atom stereocenters. The van der Waals surface area contributed by atoms with E-state index in [9.17, 15) is 4.79 Å². The second-order valence-electron chi connectivity index (χ2n) is 8.10. The van der Waals surface area contributed by atoms with Crippen LogP contribution in [0.1, 0.15) is 52.5 Å². The van der Waals surface area contributed by atoms with Gasteiger partial charge in [-0.2, -0.15) is 5.26 Å². The topological polar surface area (TPSA) is 116 Å².